The van der Waals surface area contributed by atoms with Crippen LogP contribution in [0.4, 0.5) is 0 Å². The minimum atomic E-state index is 0.637. The lowest BCUT2D eigenvalue weighted by Crippen LogP contribution is -2.40. The average Bonchev–Trinajstić information content (AvgIpc) is 3.57. The summed E-state index contributed by atoms with van der Waals surface area (Å²) in [7, 11) is 4.38. The molecule has 0 saturated carbocycles. The average molecular weight is 1120 g/mol. The highest BCUT2D eigenvalue weighted by Crippen LogP contribution is 2.27. The zero-order valence-corrected chi connectivity index (χ0v) is 48.6. The SMILES string of the molecule is C(=CC1CCNCC1)c1cncc(Oc2ccccc2)c1.C(=CC1CNC1)c1cncc(Oc2ccccc2)c1.CN1CCC(C=Cc2cncc(Oc3ccccc3)c2)CC1.CN1CCCC(C=Cc2cncc(Oc3ccccc3)c2)C1. The van der Waals surface area contributed by atoms with Crippen molar-refractivity contribution in [3.8, 4) is 46.0 Å². The number of likely N-dealkylation sites (tertiary alicyclic amines) is 2. The van der Waals surface area contributed by atoms with Crippen molar-refractivity contribution in [2.24, 2.45) is 23.7 Å². The number of nitrogens with one attached hydrogen (secondary N) is 2. The highest BCUT2D eigenvalue weighted by molar-refractivity contribution is 5.54. The first-order valence-electron chi connectivity index (χ1n) is 29.6. The molecule has 4 fully saturated rings. The maximum Gasteiger partial charge on any atom is 0.146 e. The molecule has 4 aromatic heterocycles. The van der Waals surface area contributed by atoms with Crippen LogP contribution in [0.15, 0.2) is 219 Å². The van der Waals surface area contributed by atoms with Crippen molar-refractivity contribution in [1.82, 2.24) is 40.4 Å². The maximum absolute atomic E-state index is 5.82. The molecule has 4 aliphatic heterocycles. The summed E-state index contributed by atoms with van der Waals surface area (Å²) in [5.74, 6) is 9.04. The van der Waals surface area contributed by atoms with E-state index < -0.39 is 0 Å². The Morgan fingerprint density at radius 3 is 1.05 bits per heavy atom. The molecule has 1 unspecified atom stereocenters. The number of nitrogens with zero attached hydrogens (tertiary/aromatic N) is 6. The summed E-state index contributed by atoms with van der Waals surface area (Å²) in [6.45, 7) is 9.11. The summed E-state index contributed by atoms with van der Waals surface area (Å²) >= 11 is 0. The van der Waals surface area contributed by atoms with Crippen molar-refractivity contribution in [3.63, 3.8) is 0 Å². The van der Waals surface area contributed by atoms with E-state index in [0.29, 0.717) is 23.7 Å². The number of rotatable bonds is 16. The number of benzene rings is 4. The topological polar surface area (TPSA) is 119 Å². The minimum absolute atomic E-state index is 0.637. The Bertz CT molecular complexity index is 3270. The van der Waals surface area contributed by atoms with Gasteiger partial charge in [0, 0.05) is 50.3 Å². The second-order valence-electron chi connectivity index (χ2n) is 21.7. The van der Waals surface area contributed by atoms with Gasteiger partial charge in [-0.1, -0.05) is 121 Å². The van der Waals surface area contributed by atoms with Crippen LogP contribution >= 0.6 is 0 Å². The number of hydrogen-bond acceptors (Lipinski definition) is 12. The van der Waals surface area contributed by atoms with Crippen LogP contribution in [-0.4, -0.2) is 96.2 Å². The monoisotopic (exact) mass is 1120 g/mol. The quantitative estimate of drug-likeness (QED) is 0.0959. The molecule has 8 aromatic rings. The largest absolute Gasteiger partial charge is 0.456 e. The molecule has 12 nitrogen and oxygen atoms in total. The molecule has 4 aromatic carbocycles. The number of hydrogen-bond donors (Lipinski definition) is 2. The summed E-state index contributed by atoms with van der Waals surface area (Å²) in [4.78, 5) is 21.8. The predicted molar refractivity (Wildman–Crippen MR) is 342 cm³/mol. The van der Waals surface area contributed by atoms with Gasteiger partial charge in [-0.25, -0.2) is 0 Å². The van der Waals surface area contributed by atoms with Gasteiger partial charge < -0.3 is 39.4 Å². The van der Waals surface area contributed by atoms with E-state index in [1.54, 1.807) is 24.8 Å². The number of aromatic nitrogens is 4. The molecule has 432 valence electrons. The summed E-state index contributed by atoms with van der Waals surface area (Å²) < 4.78 is 23.2. The van der Waals surface area contributed by atoms with Gasteiger partial charge in [0.05, 0.1) is 24.8 Å². The molecule has 0 bridgehead atoms. The fourth-order valence-corrected chi connectivity index (χ4v) is 9.89. The zero-order valence-electron chi connectivity index (χ0n) is 48.6. The Labute approximate surface area is 497 Å². The summed E-state index contributed by atoms with van der Waals surface area (Å²) in [5.41, 5.74) is 4.33. The number of allylic oxidation sites excluding steroid dienone is 2. The van der Waals surface area contributed by atoms with Crippen molar-refractivity contribution < 1.29 is 18.9 Å². The highest BCUT2D eigenvalue weighted by Gasteiger charge is 2.16. The van der Waals surface area contributed by atoms with Crippen LogP contribution in [0, 0.1) is 23.7 Å². The lowest BCUT2D eigenvalue weighted by molar-refractivity contribution is 0.238. The van der Waals surface area contributed by atoms with E-state index in [1.165, 1.54) is 58.2 Å². The van der Waals surface area contributed by atoms with E-state index in [1.807, 2.05) is 170 Å². The minimum Gasteiger partial charge on any atom is -0.456 e. The van der Waals surface area contributed by atoms with Crippen molar-refractivity contribution in [2.75, 3.05) is 66.5 Å². The smallest absolute Gasteiger partial charge is 0.146 e. The van der Waals surface area contributed by atoms with Crippen LogP contribution in [0.2, 0.25) is 0 Å². The molecule has 12 rings (SSSR count). The van der Waals surface area contributed by atoms with Gasteiger partial charge in [-0.15, -0.1) is 0 Å². The van der Waals surface area contributed by atoms with Crippen molar-refractivity contribution in [1.29, 1.82) is 0 Å². The molecular weight excluding hydrogens is 1040 g/mol. The third-order valence-electron chi connectivity index (χ3n) is 14.7. The van der Waals surface area contributed by atoms with Gasteiger partial charge in [0.2, 0.25) is 0 Å². The number of ether oxygens (including phenoxy) is 4. The third kappa shape index (κ3) is 21.7. The fraction of sp³-hybridized carbons (Fsp3) is 0.278. The van der Waals surface area contributed by atoms with E-state index in [4.69, 9.17) is 18.9 Å². The van der Waals surface area contributed by atoms with Gasteiger partial charge in [-0.2, -0.15) is 0 Å². The van der Waals surface area contributed by atoms with Gasteiger partial charge >= 0.3 is 0 Å². The number of para-hydroxylation sites is 4. The molecule has 12 heteroatoms. The maximum atomic E-state index is 5.82. The number of piperidine rings is 3. The summed E-state index contributed by atoms with van der Waals surface area (Å²) in [5, 5.41) is 6.63. The highest BCUT2D eigenvalue weighted by atomic mass is 16.5. The zero-order chi connectivity index (χ0) is 57.6. The lowest BCUT2D eigenvalue weighted by atomic mass is 9.96. The second kappa shape index (κ2) is 33.6. The molecule has 8 heterocycles. The molecule has 0 radical (unpaired) electrons. The Morgan fingerprint density at radius 2 is 0.702 bits per heavy atom. The van der Waals surface area contributed by atoms with Gasteiger partial charge in [0.1, 0.15) is 46.0 Å². The van der Waals surface area contributed by atoms with E-state index >= 15 is 0 Å². The van der Waals surface area contributed by atoms with Crippen molar-refractivity contribution in [2.45, 2.75) is 38.5 Å². The number of pyridine rings is 4. The predicted octanol–water partition coefficient (Wildman–Crippen LogP) is 15.5. The van der Waals surface area contributed by atoms with Crippen molar-refractivity contribution >= 4 is 24.3 Å². The van der Waals surface area contributed by atoms with E-state index in [0.717, 1.165) is 101 Å². The Balaban J connectivity index is 0.000000135. The van der Waals surface area contributed by atoms with Crippen LogP contribution in [0.5, 0.6) is 46.0 Å². The summed E-state index contributed by atoms with van der Waals surface area (Å²) in [6, 6.07) is 47.2. The normalized spacial score (nSPS) is 17.0. The van der Waals surface area contributed by atoms with Gasteiger partial charge in [0.25, 0.3) is 0 Å². The molecular formula is C72H80N8O4. The Kier molecular flexibility index (Phi) is 24.0. The molecule has 0 aliphatic carbocycles. The first-order valence-corrected chi connectivity index (χ1v) is 29.6. The van der Waals surface area contributed by atoms with Crippen LogP contribution in [-0.2, 0) is 0 Å². The van der Waals surface area contributed by atoms with Crippen LogP contribution in [0.25, 0.3) is 24.3 Å². The first-order chi connectivity index (χ1) is 41.4. The molecule has 1 atom stereocenters. The summed E-state index contributed by atoms with van der Waals surface area (Å²) in [6.07, 6.45) is 39.6. The van der Waals surface area contributed by atoms with E-state index in [-0.39, 0.29) is 0 Å². The molecule has 0 spiro atoms. The lowest BCUT2D eigenvalue weighted by Gasteiger charge is -2.27. The molecule has 2 N–H and O–H groups in total. The van der Waals surface area contributed by atoms with Gasteiger partial charge in [-0.3, -0.25) is 19.9 Å². The van der Waals surface area contributed by atoms with Crippen LogP contribution in [0.1, 0.15) is 60.8 Å². The van der Waals surface area contributed by atoms with Gasteiger partial charge in [0.15, 0.2) is 0 Å². The second-order valence-corrected chi connectivity index (χ2v) is 21.7. The molecule has 84 heavy (non-hydrogen) atoms. The van der Waals surface area contributed by atoms with E-state index in [9.17, 15) is 0 Å². The Hall–Kier alpha value is -8.52. The fourth-order valence-electron chi connectivity index (χ4n) is 9.89. The standard InChI is InChI=1S/2C19H22N2O.C18H20N2O.C16H16N2O/c1-21-11-5-6-16(15-21)9-10-17-12-19(14-20-13-17)22-18-7-3-2-4-8-18;1-21-11-9-16(10-12-21)7-8-17-13-19(15-20-14-17)22-18-5-3-2-4-6-18;1-2-4-17(5-3-1)21-18-12-16(13-20-14-18)7-6-15-8-10-19-11-9-15;1-2-4-15(5-3-1)19-16-8-13(9-18-12-16)6-7-14-10-17-11-14/h2-4,7-10,12-14,16H,5-6,11,15H2,1H3;2-8,13-16H,9-12H2,1H3;1-7,12-15,19H,8-11H2;1-9,12,14,17H,10-11H2. The molecule has 4 aliphatic rings. The molecule has 0 amide bonds. The Morgan fingerprint density at radius 1 is 0.357 bits per heavy atom. The third-order valence-corrected chi connectivity index (χ3v) is 14.7. The molecule has 4 saturated heterocycles. The first kappa shape index (κ1) is 60.1. The van der Waals surface area contributed by atoms with Crippen LogP contribution < -0.4 is 29.6 Å². The van der Waals surface area contributed by atoms with Gasteiger partial charge in [-0.05, 0) is 198 Å². The van der Waals surface area contributed by atoms with Crippen LogP contribution in [0.3, 0.4) is 0 Å². The van der Waals surface area contributed by atoms with Crippen molar-refractivity contribution in [3.05, 3.63) is 242 Å². The van der Waals surface area contributed by atoms with E-state index in [2.05, 4.69) is 103 Å².